The third-order valence-corrected chi connectivity index (χ3v) is 5.26. The molecule has 0 aliphatic carbocycles. The van der Waals surface area contributed by atoms with Crippen molar-refractivity contribution >= 4 is 22.4 Å². The Morgan fingerprint density at radius 3 is 2.34 bits per heavy atom. The fourth-order valence-corrected chi connectivity index (χ4v) is 3.82. The maximum atomic E-state index is 14.0. The smallest absolute Gasteiger partial charge is 0.245 e. The van der Waals surface area contributed by atoms with E-state index < -0.39 is 11.6 Å². The molecule has 0 saturated carbocycles. The van der Waals surface area contributed by atoms with Gasteiger partial charge in [-0.05, 0) is 37.1 Å². The topological polar surface area (TPSA) is 47.3 Å². The molecule has 0 atom stereocenters. The van der Waals surface area contributed by atoms with Gasteiger partial charge in [-0.15, -0.1) is 0 Å². The second-order valence-corrected chi connectivity index (χ2v) is 7.01. The van der Waals surface area contributed by atoms with Gasteiger partial charge in [-0.2, -0.15) is 5.26 Å². The van der Waals surface area contributed by atoms with E-state index in [0.717, 1.165) is 41.4 Å². The van der Waals surface area contributed by atoms with Crippen molar-refractivity contribution in [2.45, 2.75) is 19.3 Å². The maximum absolute atomic E-state index is 14.0. The van der Waals surface area contributed by atoms with E-state index in [9.17, 15) is 18.8 Å². The van der Waals surface area contributed by atoms with Gasteiger partial charge in [-0.1, -0.05) is 30.3 Å². The van der Waals surface area contributed by atoms with Crippen LogP contribution in [0.5, 0.6) is 0 Å². The number of fused-ring (bicyclic) bond motifs is 1. The van der Waals surface area contributed by atoms with Crippen molar-refractivity contribution in [2.24, 2.45) is 0 Å². The molecule has 0 bridgehead atoms. The molecule has 0 radical (unpaired) electrons. The van der Waals surface area contributed by atoms with Gasteiger partial charge in [-0.25, -0.2) is 8.78 Å². The van der Waals surface area contributed by atoms with Gasteiger partial charge in [0, 0.05) is 29.4 Å². The fraction of sp³-hybridized carbons (Fsp3) is 0.217. The summed E-state index contributed by atoms with van der Waals surface area (Å²) in [7, 11) is 0. The standard InChI is InChI=1S/C23H19F2N3O/c24-20-8-5-9-21(25)19(20)14-23(29)28-13-4-3-12-27(28)22-11-10-16(15-26)17-6-1-2-7-18(17)22/h1-2,5-11H,3-4,12-14H2. The zero-order valence-electron chi connectivity index (χ0n) is 15.7. The molecule has 0 N–H and O–H groups in total. The minimum absolute atomic E-state index is 0.215. The normalized spacial score (nSPS) is 14.1. The third-order valence-electron chi connectivity index (χ3n) is 5.26. The van der Waals surface area contributed by atoms with Crippen LogP contribution in [0.15, 0.2) is 54.6 Å². The summed E-state index contributed by atoms with van der Waals surface area (Å²) in [4.78, 5) is 13.0. The van der Waals surface area contributed by atoms with Gasteiger partial charge < -0.3 is 0 Å². The highest BCUT2D eigenvalue weighted by molar-refractivity contribution is 5.98. The molecule has 1 heterocycles. The van der Waals surface area contributed by atoms with Crippen LogP contribution in [0.3, 0.4) is 0 Å². The number of hydrogen-bond acceptors (Lipinski definition) is 3. The van der Waals surface area contributed by atoms with Crippen LogP contribution >= 0.6 is 0 Å². The van der Waals surface area contributed by atoms with Crippen LogP contribution in [0.1, 0.15) is 24.0 Å². The average molecular weight is 391 g/mol. The van der Waals surface area contributed by atoms with Crippen LogP contribution in [-0.2, 0) is 11.2 Å². The molecule has 0 unspecified atom stereocenters. The van der Waals surface area contributed by atoms with Gasteiger partial charge in [0.05, 0.1) is 23.7 Å². The molecule has 1 aliphatic rings. The molecule has 3 aromatic rings. The van der Waals surface area contributed by atoms with E-state index in [1.807, 2.05) is 35.3 Å². The number of anilines is 1. The van der Waals surface area contributed by atoms with Gasteiger partial charge in [0.1, 0.15) is 11.6 Å². The molecule has 146 valence electrons. The summed E-state index contributed by atoms with van der Waals surface area (Å²) >= 11 is 0. The van der Waals surface area contributed by atoms with Crippen LogP contribution in [0.25, 0.3) is 10.8 Å². The molecular formula is C23H19F2N3O. The Labute approximate surface area is 167 Å². The Hall–Kier alpha value is -3.46. The zero-order chi connectivity index (χ0) is 20.4. The first-order valence-electron chi connectivity index (χ1n) is 9.52. The van der Waals surface area contributed by atoms with Crippen molar-refractivity contribution in [3.05, 3.63) is 77.4 Å². The second kappa shape index (κ2) is 7.88. The van der Waals surface area contributed by atoms with E-state index in [1.165, 1.54) is 6.07 Å². The maximum Gasteiger partial charge on any atom is 0.245 e. The third kappa shape index (κ3) is 3.52. The lowest BCUT2D eigenvalue weighted by molar-refractivity contribution is -0.132. The van der Waals surface area contributed by atoms with E-state index >= 15 is 0 Å². The number of halogens is 2. The highest BCUT2D eigenvalue weighted by atomic mass is 19.1. The quantitative estimate of drug-likeness (QED) is 0.657. The van der Waals surface area contributed by atoms with Crippen molar-refractivity contribution in [1.82, 2.24) is 5.01 Å². The summed E-state index contributed by atoms with van der Waals surface area (Å²) < 4.78 is 28.1. The number of nitriles is 1. The lowest BCUT2D eigenvalue weighted by Gasteiger charge is -2.41. The summed E-state index contributed by atoms with van der Waals surface area (Å²) in [5.74, 6) is -1.79. The predicted octanol–water partition coefficient (Wildman–Crippen LogP) is 4.58. The number of carbonyl (C=O) groups is 1. The van der Waals surface area contributed by atoms with Crippen molar-refractivity contribution in [2.75, 3.05) is 18.1 Å². The Morgan fingerprint density at radius 2 is 1.62 bits per heavy atom. The molecule has 1 amide bonds. The summed E-state index contributed by atoms with van der Waals surface area (Å²) in [5.41, 5.74) is 1.15. The predicted molar refractivity (Wildman–Crippen MR) is 107 cm³/mol. The first-order valence-corrected chi connectivity index (χ1v) is 9.52. The minimum atomic E-state index is -0.717. The largest absolute Gasteiger partial charge is 0.282 e. The van der Waals surface area contributed by atoms with Crippen molar-refractivity contribution in [1.29, 1.82) is 5.26 Å². The number of carbonyl (C=O) groups excluding carboxylic acids is 1. The molecule has 3 aromatic carbocycles. The van der Waals surface area contributed by atoms with E-state index in [2.05, 4.69) is 6.07 Å². The van der Waals surface area contributed by atoms with E-state index in [0.29, 0.717) is 18.7 Å². The first-order chi connectivity index (χ1) is 14.1. The summed E-state index contributed by atoms with van der Waals surface area (Å²) in [5, 5.41) is 14.5. The number of nitrogens with zero attached hydrogens (tertiary/aromatic N) is 3. The number of hydrogen-bond donors (Lipinski definition) is 0. The van der Waals surface area contributed by atoms with Crippen molar-refractivity contribution in [3.63, 3.8) is 0 Å². The average Bonchev–Trinajstić information content (AvgIpc) is 2.75. The molecule has 29 heavy (non-hydrogen) atoms. The molecule has 0 spiro atoms. The van der Waals surface area contributed by atoms with Crippen LogP contribution in [-0.4, -0.2) is 24.0 Å². The Kier molecular flexibility index (Phi) is 5.13. The molecular weight excluding hydrogens is 372 g/mol. The van der Waals surface area contributed by atoms with Crippen molar-refractivity contribution in [3.8, 4) is 6.07 Å². The van der Waals surface area contributed by atoms with Gasteiger partial charge in [0.25, 0.3) is 0 Å². The lowest BCUT2D eigenvalue weighted by Crippen LogP contribution is -2.51. The van der Waals surface area contributed by atoms with Crippen LogP contribution < -0.4 is 5.01 Å². The SMILES string of the molecule is N#Cc1ccc(N2CCCCN2C(=O)Cc2c(F)cccc2F)c2ccccc12. The van der Waals surface area contributed by atoms with Gasteiger partial charge in [0.15, 0.2) is 0 Å². The summed E-state index contributed by atoms with van der Waals surface area (Å²) in [6.07, 6.45) is 1.37. The number of rotatable bonds is 3. The van der Waals surface area contributed by atoms with Gasteiger partial charge in [-0.3, -0.25) is 14.8 Å². The van der Waals surface area contributed by atoms with Gasteiger partial charge >= 0.3 is 0 Å². The monoisotopic (exact) mass is 391 g/mol. The molecule has 1 fully saturated rings. The first kappa shape index (κ1) is 18.9. The molecule has 4 rings (SSSR count). The fourth-order valence-electron chi connectivity index (χ4n) is 3.82. The highest BCUT2D eigenvalue weighted by Gasteiger charge is 2.28. The molecule has 1 saturated heterocycles. The summed E-state index contributed by atoms with van der Waals surface area (Å²) in [6.45, 7) is 1.09. The van der Waals surface area contributed by atoms with E-state index in [4.69, 9.17) is 0 Å². The van der Waals surface area contributed by atoms with E-state index in [1.54, 1.807) is 11.1 Å². The number of amides is 1. The Morgan fingerprint density at radius 1 is 0.931 bits per heavy atom. The second-order valence-electron chi connectivity index (χ2n) is 7.01. The molecule has 0 aromatic heterocycles. The Bertz CT molecular complexity index is 1100. The Balaban J connectivity index is 1.71. The lowest BCUT2D eigenvalue weighted by atomic mass is 10.0. The van der Waals surface area contributed by atoms with Crippen LogP contribution in [0, 0.1) is 23.0 Å². The van der Waals surface area contributed by atoms with E-state index in [-0.39, 0.29) is 17.9 Å². The van der Waals surface area contributed by atoms with Gasteiger partial charge in [0.2, 0.25) is 5.91 Å². The number of benzene rings is 3. The van der Waals surface area contributed by atoms with Crippen molar-refractivity contribution < 1.29 is 13.6 Å². The summed E-state index contributed by atoms with van der Waals surface area (Å²) in [6, 6.07) is 16.9. The molecule has 4 nitrogen and oxygen atoms in total. The zero-order valence-corrected chi connectivity index (χ0v) is 15.7. The molecule has 1 aliphatic heterocycles. The highest BCUT2D eigenvalue weighted by Crippen LogP contribution is 2.32. The minimum Gasteiger partial charge on any atom is -0.282 e. The van der Waals surface area contributed by atoms with Crippen LogP contribution in [0.2, 0.25) is 0 Å². The number of hydrazine groups is 1. The van der Waals surface area contributed by atoms with Crippen LogP contribution in [0.4, 0.5) is 14.5 Å². The molecule has 6 heteroatoms.